The summed E-state index contributed by atoms with van der Waals surface area (Å²) >= 11 is 6.25. The summed E-state index contributed by atoms with van der Waals surface area (Å²) < 4.78 is 0. The Morgan fingerprint density at radius 3 is 2.67 bits per heavy atom. The van der Waals surface area contributed by atoms with Crippen molar-refractivity contribution in [3.05, 3.63) is 52.7 Å². The lowest BCUT2D eigenvalue weighted by atomic mass is 10.2. The maximum atomic E-state index is 6.25. The Morgan fingerprint density at radius 1 is 1.29 bits per heavy atom. The van der Waals surface area contributed by atoms with Crippen LogP contribution in [0.4, 0.5) is 11.5 Å². The number of aryl methyl sites for hydroxylation is 1. The van der Waals surface area contributed by atoms with Crippen LogP contribution in [0.1, 0.15) is 24.0 Å². The van der Waals surface area contributed by atoms with Crippen molar-refractivity contribution in [2.75, 3.05) is 11.9 Å². The molecule has 110 valence electrons. The summed E-state index contributed by atoms with van der Waals surface area (Å²) in [6, 6.07) is 11.2. The van der Waals surface area contributed by atoms with Crippen LogP contribution in [-0.4, -0.2) is 18.1 Å². The fourth-order valence-electron chi connectivity index (χ4n) is 2.23. The molecule has 2 aromatic rings. The van der Waals surface area contributed by atoms with Gasteiger partial charge < -0.3 is 10.2 Å². The third-order valence-electron chi connectivity index (χ3n) is 3.84. The highest BCUT2D eigenvalue weighted by atomic mass is 35.5. The van der Waals surface area contributed by atoms with Crippen LogP contribution in [0, 0.1) is 6.92 Å². The molecule has 1 aromatic carbocycles. The van der Waals surface area contributed by atoms with Crippen molar-refractivity contribution in [3.8, 4) is 0 Å². The topological polar surface area (TPSA) is 28.2 Å². The van der Waals surface area contributed by atoms with E-state index in [2.05, 4.69) is 52.5 Å². The van der Waals surface area contributed by atoms with E-state index in [-0.39, 0.29) is 0 Å². The number of aromatic nitrogens is 1. The zero-order valence-electron chi connectivity index (χ0n) is 12.4. The summed E-state index contributed by atoms with van der Waals surface area (Å²) in [5.74, 6) is 0.913. The van der Waals surface area contributed by atoms with Gasteiger partial charge in [0, 0.05) is 31.5 Å². The second-order valence-corrected chi connectivity index (χ2v) is 6.09. The molecule has 0 saturated heterocycles. The van der Waals surface area contributed by atoms with E-state index in [4.69, 9.17) is 11.6 Å². The van der Waals surface area contributed by atoms with Crippen LogP contribution in [0.15, 0.2) is 36.5 Å². The Hall–Kier alpha value is -1.58. The monoisotopic (exact) mass is 301 g/mol. The third-order valence-corrected chi connectivity index (χ3v) is 4.18. The van der Waals surface area contributed by atoms with Gasteiger partial charge in [0.05, 0.1) is 5.02 Å². The largest absolute Gasteiger partial charge is 0.329 e. The van der Waals surface area contributed by atoms with E-state index >= 15 is 0 Å². The Bertz CT molecular complexity index is 620. The van der Waals surface area contributed by atoms with Crippen molar-refractivity contribution in [1.29, 1.82) is 0 Å². The van der Waals surface area contributed by atoms with Crippen LogP contribution in [0.3, 0.4) is 0 Å². The zero-order chi connectivity index (χ0) is 14.8. The average molecular weight is 302 g/mol. The summed E-state index contributed by atoms with van der Waals surface area (Å²) in [5, 5.41) is 4.22. The maximum Gasteiger partial charge on any atom is 0.133 e. The summed E-state index contributed by atoms with van der Waals surface area (Å²) in [5.41, 5.74) is 3.48. The molecule has 0 bridgehead atoms. The van der Waals surface area contributed by atoms with Crippen molar-refractivity contribution < 1.29 is 0 Å². The first-order valence-corrected chi connectivity index (χ1v) is 7.69. The SMILES string of the molecule is Cc1ccc(N(C)c2cc(CNC3CC3)c(Cl)cn2)cc1. The molecule has 4 heteroatoms. The fourth-order valence-corrected chi connectivity index (χ4v) is 2.40. The van der Waals surface area contributed by atoms with E-state index in [0.717, 1.165) is 28.6 Å². The molecule has 1 saturated carbocycles. The molecule has 0 unspecified atom stereocenters. The molecular formula is C17H20ClN3. The van der Waals surface area contributed by atoms with Crippen LogP contribution >= 0.6 is 11.6 Å². The molecule has 1 heterocycles. The van der Waals surface area contributed by atoms with Crippen molar-refractivity contribution in [2.45, 2.75) is 32.4 Å². The lowest BCUT2D eigenvalue weighted by molar-refractivity contribution is 0.687. The molecule has 1 fully saturated rings. The van der Waals surface area contributed by atoms with Crippen molar-refractivity contribution in [3.63, 3.8) is 0 Å². The van der Waals surface area contributed by atoms with Crippen molar-refractivity contribution in [2.24, 2.45) is 0 Å². The molecule has 3 nitrogen and oxygen atoms in total. The maximum absolute atomic E-state index is 6.25. The molecule has 0 aliphatic heterocycles. The standard InChI is InChI=1S/C17H20ClN3/c1-12-3-7-15(8-4-12)21(2)17-9-13(16(18)11-20-17)10-19-14-5-6-14/h3-4,7-9,11,14,19H,5-6,10H2,1-2H3. The van der Waals surface area contributed by atoms with E-state index < -0.39 is 0 Å². The van der Waals surface area contributed by atoms with Gasteiger partial charge in [-0.25, -0.2) is 4.98 Å². The second-order valence-electron chi connectivity index (χ2n) is 5.68. The van der Waals surface area contributed by atoms with Gasteiger partial charge >= 0.3 is 0 Å². The molecule has 1 aromatic heterocycles. The minimum Gasteiger partial charge on any atom is -0.329 e. The van der Waals surface area contributed by atoms with Crippen LogP contribution < -0.4 is 10.2 Å². The highest BCUT2D eigenvalue weighted by Gasteiger charge is 2.20. The molecule has 1 aliphatic rings. The van der Waals surface area contributed by atoms with Gasteiger partial charge in [0.25, 0.3) is 0 Å². The predicted octanol–water partition coefficient (Wildman–Crippen LogP) is 4.06. The van der Waals surface area contributed by atoms with E-state index in [1.54, 1.807) is 6.20 Å². The number of rotatable bonds is 5. The van der Waals surface area contributed by atoms with Crippen LogP contribution in [0.25, 0.3) is 0 Å². The molecule has 0 atom stereocenters. The highest BCUT2D eigenvalue weighted by Crippen LogP contribution is 2.26. The molecule has 3 rings (SSSR count). The molecule has 21 heavy (non-hydrogen) atoms. The minimum absolute atomic E-state index is 0.674. The molecule has 0 radical (unpaired) electrons. The Labute approximate surface area is 131 Å². The first-order chi connectivity index (χ1) is 10.1. The summed E-state index contributed by atoms with van der Waals surface area (Å²) in [6.45, 7) is 2.90. The number of pyridine rings is 1. The van der Waals surface area contributed by atoms with Gasteiger partial charge in [-0.1, -0.05) is 29.3 Å². The van der Waals surface area contributed by atoms with Crippen molar-refractivity contribution in [1.82, 2.24) is 10.3 Å². The first kappa shape index (κ1) is 14.4. The van der Waals surface area contributed by atoms with E-state index in [9.17, 15) is 0 Å². The number of nitrogens with zero attached hydrogens (tertiary/aromatic N) is 2. The van der Waals surface area contributed by atoms with Gasteiger partial charge in [-0.2, -0.15) is 0 Å². The normalized spacial score (nSPS) is 14.2. The Kier molecular flexibility index (Phi) is 4.13. The Morgan fingerprint density at radius 2 is 2.00 bits per heavy atom. The van der Waals surface area contributed by atoms with Crippen molar-refractivity contribution >= 4 is 23.1 Å². The minimum atomic E-state index is 0.674. The molecule has 0 amide bonds. The zero-order valence-corrected chi connectivity index (χ0v) is 13.2. The van der Waals surface area contributed by atoms with Gasteiger partial charge in [0.2, 0.25) is 0 Å². The number of hydrogen-bond acceptors (Lipinski definition) is 3. The van der Waals surface area contributed by atoms with Gasteiger partial charge in [-0.15, -0.1) is 0 Å². The highest BCUT2D eigenvalue weighted by molar-refractivity contribution is 6.31. The number of hydrogen-bond donors (Lipinski definition) is 1. The van der Waals surface area contributed by atoms with Crippen LogP contribution in [0.5, 0.6) is 0 Å². The summed E-state index contributed by atoms with van der Waals surface area (Å²) in [6.07, 6.45) is 4.29. The van der Waals surface area contributed by atoms with E-state index in [1.165, 1.54) is 18.4 Å². The molecular weight excluding hydrogens is 282 g/mol. The summed E-state index contributed by atoms with van der Waals surface area (Å²) in [7, 11) is 2.03. The molecule has 1 aliphatic carbocycles. The molecule has 1 N–H and O–H groups in total. The number of halogens is 1. The van der Waals surface area contributed by atoms with Gasteiger partial charge in [0.1, 0.15) is 5.82 Å². The lowest BCUT2D eigenvalue weighted by Gasteiger charge is -2.19. The quantitative estimate of drug-likeness (QED) is 0.902. The summed E-state index contributed by atoms with van der Waals surface area (Å²) in [4.78, 5) is 6.53. The fraction of sp³-hybridized carbons (Fsp3) is 0.353. The van der Waals surface area contributed by atoms with Crippen LogP contribution in [-0.2, 0) is 6.54 Å². The number of nitrogens with one attached hydrogen (secondary N) is 1. The predicted molar refractivity (Wildman–Crippen MR) is 88.4 cm³/mol. The first-order valence-electron chi connectivity index (χ1n) is 7.31. The van der Waals surface area contributed by atoms with Gasteiger partial charge in [0.15, 0.2) is 0 Å². The molecule has 0 spiro atoms. The Balaban J connectivity index is 1.79. The van der Waals surface area contributed by atoms with E-state index in [0.29, 0.717) is 6.04 Å². The van der Waals surface area contributed by atoms with Gasteiger partial charge in [-0.3, -0.25) is 0 Å². The van der Waals surface area contributed by atoms with E-state index in [1.807, 2.05) is 7.05 Å². The van der Waals surface area contributed by atoms with Crippen LogP contribution in [0.2, 0.25) is 5.02 Å². The number of anilines is 2. The smallest absolute Gasteiger partial charge is 0.133 e. The average Bonchev–Trinajstić information content (AvgIpc) is 3.31. The third kappa shape index (κ3) is 3.55. The lowest BCUT2D eigenvalue weighted by Crippen LogP contribution is -2.17. The van der Waals surface area contributed by atoms with Gasteiger partial charge in [-0.05, 0) is 43.5 Å². The second kappa shape index (κ2) is 6.04. The number of benzene rings is 1.